The van der Waals surface area contributed by atoms with Crippen LogP contribution in [0.15, 0.2) is 60.7 Å². The average molecular weight is 272 g/mol. The Morgan fingerprint density at radius 2 is 1.81 bits per heavy atom. The highest BCUT2D eigenvalue weighted by Crippen LogP contribution is 2.24. The summed E-state index contributed by atoms with van der Waals surface area (Å²) in [6, 6.07) is 21.2. The predicted octanol–water partition coefficient (Wildman–Crippen LogP) is 4.62. The number of fused-ring (bicyclic) bond motifs is 3. The van der Waals surface area contributed by atoms with E-state index in [2.05, 4.69) is 66.5 Å². The van der Waals surface area contributed by atoms with Crippen LogP contribution in [0.2, 0.25) is 0 Å². The Bertz CT molecular complexity index is 935. The Balaban J connectivity index is 1.78. The van der Waals surface area contributed by atoms with E-state index in [1.54, 1.807) is 0 Å². The monoisotopic (exact) mass is 272 g/mol. The molecule has 2 nitrogen and oxygen atoms in total. The van der Waals surface area contributed by atoms with Gasteiger partial charge in [0.1, 0.15) is 5.65 Å². The van der Waals surface area contributed by atoms with E-state index < -0.39 is 0 Å². The summed E-state index contributed by atoms with van der Waals surface area (Å²) in [5.74, 6) is 0. The number of nitrogens with zero attached hydrogens (tertiary/aromatic N) is 1. The van der Waals surface area contributed by atoms with E-state index >= 15 is 0 Å². The Morgan fingerprint density at radius 3 is 2.71 bits per heavy atom. The lowest BCUT2D eigenvalue weighted by atomic mass is 10.1. The van der Waals surface area contributed by atoms with Crippen molar-refractivity contribution < 1.29 is 0 Å². The quantitative estimate of drug-likeness (QED) is 0.567. The number of aryl methyl sites for hydroxylation is 1. The highest BCUT2D eigenvalue weighted by molar-refractivity contribution is 6.05. The molecule has 0 aliphatic carbocycles. The number of hydrogen-bond donors (Lipinski definition) is 1. The van der Waals surface area contributed by atoms with E-state index in [4.69, 9.17) is 4.98 Å². The van der Waals surface area contributed by atoms with E-state index in [1.807, 2.05) is 6.07 Å². The third-order valence-electron chi connectivity index (χ3n) is 3.89. The summed E-state index contributed by atoms with van der Waals surface area (Å²) in [6.45, 7) is 2.12. The summed E-state index contributed by atoms with van der Waals surface area (Å²) >= 11 is 0. The molecule has 0 aliphatic heterocycles. The number of benzene rings is 2. The number of H-pyrrole nitrogens is 1. The molecule has 0 radical (unpaired) electrons. The molecule has 21 heavy (non-hydrogen) atoms. The van der Waals surface area contributed by atoms with Gasteiger partial charge < -0.3 is 4.98 Å². The van der Waals surface area contributed by atoms with Gasteiger partial charge in [-0.25, -0.2) is 4.98 Å². The molecule has 2 aromatic heterocycles. The lowest BCUT2D eigenvalue weighted by molar-refractivity contribution is 1.09. The number of aromatic amines is 1. The lowest BCUT2D eigenvalue weighted by Gasteiger charge is -2.02. The fraction of sp³-hybridized carbons (Fsp3) is 0.105. The van der Waals surface area contributed by atoms with Gasteiger partial charge in [-0.3, -0.25) is 0 Å². The van der Waals surface area contributed by atoms with Crippen LogP contribution in [-0.2, 0) is 6.42 Å². The second kappa shape index (κ2) is 4.74. The Hall–Kier alpha value is -2.61. The number of rotatable bonds is 2. The molecule has 0 aliphatic rings. The van der Waals surface area contributed by atoms with Crippen LogP contribution >= 0.6 is 0 Å². The van der Waals surface area contributed by atoms with Crippen molar-refractivity contribution in [1.82, 2.24) is 9.97 Å². The molecule has 0 amide bonds. The minimum atomic E-state index is 0.868. The van der Waals surface area contributed by atoms with Crippen LogP contribution in [0.4, 0.5) is 0 Å². The zero-order valence-electron chi connectivity index (χ0n) is 11.9. The number of aromatic nitrogens is 2. The number of hydrogen-bond acceptors (Lipinski definition) is 1. The molecule has 102 valence electrons. The molecule has 4 aromatic rings. The van der Waals surface area contributed by atoms with Gasteiger partial charge in [-0.2, -0.15) is 0 Å². The first kappa shape index (κ1) is 12.2. The summed E-state index contributed by atoms with van der Waals surface area (Å²) in [5.41, 5.74) is 5.81. The highest BCUT2D eigenvalue weighted by Gasteiger charge is 2.06. The summed E-state index contributed by atoms with van der Waals surface area (Å²) in [5, 5.41) is 2.43. The number of para-hydroxylation sites is 1. The number of pyridine rings is 1. The maximum atomic E-state index is 4.78. The van der Waals surface area contributed by atoms with Crippen molar-refractivity contribution in [3.8, 4) is 0 Å². The zero-order valence-corrected chi connectivity index (χ0v) is 11.9. The molecule has 2 aromatic carbocycles. The van der Waals surface area contributed by atoms with Gasteiger partial charge in [-0.15, -0.1) is 0 Å². The van der Waals surface area contributed by atoms with Gasteiger partial charge in [0, 0.05) is 28.4 Å². The van der Waals surface area contributed by atoms with Gasteiger partial charge in [-0.05, 0) is 30.7 Å². The lowest BCUT2D eigenvalue weighted by Crippen LogP contribution is -1.92. The van der Waals surface area contributed by atoms with Gasteiger partial charge in [0.05, 0.1) is 0 Å². The Morgan fingerprint density at radius 1 is 0.905 bits per heavy atom. The maximum Gasteiger partial charge on any atom is 0.138 e. The van der Waals surface area contributed by atoms with E-state index in [1.165, 1.54) is 21.9 Å². The molecule has 1 N–H and O–H groups in total. The molecule has 0 bridgehead atoms. The van der Waals surface area contributed by atoms with Crippen molar-refractivity contribution in [1.29, 1.82) is 0 Å². The molecule has 0 saturated carbocycles. The van der Waals surface area contributed by atoms with Gasteiger partial charge in [-0.1, -0.05) is 48.0 Å². The van der Waals surface area contributed by atoms with Crippen LogP contribution in [0.5, 0.6) is 0 Å². The van der Waals surface area contributed by atoms with Crippen LogP contribution in [0, 0.1) is 6.92 Å². The van der Waals surface area contributed by atoms with E-state index in [-0.39, 0.29) is 0 Å². The third-order valence-corrected chi connectivity index (χ3v) is 3.89. The fourth-order valence-corrected chi connectivity index (χ4v) is 2.90. The molecule has 4 rings (SSSR count). The Labute approximate surface area is 123 Å². The predicted molar refractivity (Wildman–Crippen MR) is 87.6 cm³/mol. The van der Waals surface area contributed by atoms with Gasteiger partial charge >= 0.3 is 0 Å². The van der Waals surface area contributed by atoms with E-state index in [0.717, 1.165) is 23.3 Å². The summed E-state index contributed by atoms with van der Waals surface area (Å²) in [4.78, 5) is 8.19. The molecular weight excluding hydrogens is 256 g/mol. The van der Waals surface area contributed by atoms with Crippen LogP contribution in [-0.4, -0.2) is 9.97 Å². The van der Waals surface area contributed by atoms with Gasteiger partial charge in [0.15, 0.2) is 0 Å². The van der Waals surface area contributed by atoms with Crippen molar-refractivity contribution >= 4 is 21.9 Å². The van der Waals surface area contributed by atoms with Crippen LogP contribution in [0.1, 0.15) is 16.8 Å². The molecular formula is C19H16N2. The van der Waals surface area contributed by atoms with Crippen molar-refractivity contribution in [3.05, 3.63) is 77.5 Å². The fourth-order valence-electron chi connectivity index (χ4n) is 2.90. The van der Waals surface area contributed by atoms with Crippen LogP contribution in [0.25, 0.3) is 21.9 Å². The largest absolute Gasteiger partial charge is 0.339 e. The second-order valence-electron chi connectivity index (χ2n) is 5.54. The van der Waals surface area contributed by atoms with Gasteiger partial charge in [0.25, 0.3) is 0 Å². The molecule has 0 fully saturated rings. The second-order valence-corrected chi connectivity index (χ2v) is 5.54. The average Bonchev–Trinajstić information content (AvgIpc) is 2.85. The molecule has 2 heteroatoms. The first-order valence-electron chi connectivity index (χ1n) is 7.21. The van der Waals surface area contributed by atoms with E-state index in [9.17, 15) is 0 Å². The summed E-state index contributed by atoms with van der Waals surface area (Å²) in [7, 11) is 0. The van der Waals surface area contributed by atoms with Crippen molar-refractivity contribution in [2.24, 2.45) is 0 Å². The van der Waals surface area contributed by atoms with E-state index in [0.29, 0.717) is 0 Å². The minimum absolute atomic E-state index is 0.868. The smallest absolute Gasteiger partial charge is 0.138 e. The molecule has 2 heterocycles. The van der Waals surface area contributed by atoms with Crippen molar-refractivity contribution in [3.63, 3.8) is 0 Å². The highest BCUT2D eigenvalue weighted by atomic mass is 14.9. The van der Waals surface area contributed by atoms with Crippen LogP contribution < -0.4 is 0 Å². The number of nitrogens with one attached hydrogen (secondary N) is 1. The zero-order chi connectivity index (χ0) is 14.2. The first-order chi connectivity index (χ1) is 10.3. The molecule has 0 atom stereocenters. The van der Waals surface area contributed by atoms with Crippen molar-refractivity contribution in [2.45, 2.75) is 13.3 Å². The molecule has 0 saturated heterocycles. The normalized spacial score (nSPS) is 11.3. The summed E-state index contributed by atoms with van der Waals surface area (Å²) in [6.07, 6.45) is 0.868. The first-order valence-corrected chi connectivity index (χ1v) is 7.21. The van der Waals surface area contributed by atoms with Crippen LogP contribution in [0.3, 0.4) is 0 Å². The molecule has 0 unspecified atom stereocenters. The summed E-state index contributed by atoms with van der Waals surface area (Å²) < 4.78 is 0. The third kappa shape index (κ3) is 2.19. The maximum absolute atomic E-state index is 4.78. The minimum Gasteiger partial charge on any atom is -0.339 e. The SMILES string of the molecule is Cc1cccc(Cc2ccc3c(n2)[nH]c2ccccc23)c1. The van der Waals surface area contributed by atoms with Gasteiger partial charge in [0.2, 0.25) is 0 Å². The Kier molecular flexibility index (Phi) is 2.74. The standard InChI is InChI=1S/C19H16N2/c1-13-5-4-6-14(11-13)12-15-9-10-17-16-7-2-3-8-18(16)21-19(17)20-15/h2-11H,12H2,1H3,(H,20,21). The molecule has 0 spiro atoms. The van der Waals surface area contributed by atoms with Crippen molar-refractivity contribution in [2.75, 3.05) is 0 Å². The topological polar surface area (TPSA) is 28.7 Å².